The summed E-state index contributed by atoms with van der Waals surface area (Å²) in [5.41, 5.74) is 28.7. The van der Waals surface area contributed by atoms with Crippen LogP contribution in [0, 0.1) is 41.4 Å². The van der Waals surface area contributed by atoms with E-state index in [9.17, 15) is 72.9 Å². The first-order chi connectivity index (χ1) is 40.9. The molecule has 6 amide bonds. The van der Waals surface area contributed by atoms with Gasteiger partial charge in [-0.05, 0) is 121 Å². The first-order valence-corrected chi connectivity index (χ1v) is 30.3. The molecule has 0 saturated carbocycles. The van der Waals surface area contributed by atoms with Crippen molar-refractivity contribution in [3.05, 3.63) is 29.8 Å². The zero-order valence-corrected chi connectivity index (χ0v) is 52.2. The Hall–Kier alpha value is -7.03. The highest BCUT2D eigenvalue weighted by Gasteiger charge is 2.38. The number of rotatable bonds is 47. The molecule has 0 aliphatic rings. The Labute approximate surface area is 511 Å². The van der Waals surface area contributed by atoms with E-state index in [2.05, 4.69) is 31.6 Å². The number of nitrogens with zero attached hydrogens (tertiary/aromatic N) is 1. The molecule has 1 rings (SSSR count). The third-order valence-electron chi connectivity index (χ3n) is 15.7. The maximum atomic E-state index is 14.8. The summed E-state index contributed by atoms with van der Waals surface area (Å²) in [6.07, 6.45) is -1.57. The number of unbranched alkanes of at least 4 members (excludes halogenated alkanes) is 2. The Morgan fingerprint density at radius 2 is 1.03 bits per heavy atom. The minimum atomic E-state index is -1.43. The van der Waals surface area contributed by atoms with E-state index in [1.165, 1.54) is 52.0 Å². The van der Waals surface area contributed by atoms with Gasteiger partial charge in [0.05, 0.1) is 36.9 Å². The second-order valence-electron chi connectivity index (χ2n) is 23.3. The van der Waals surface area contributed by atoms with Crippen molar-refractivity contribution in [2.75, 3.05) is 26.2 Å². The number of aliphatic hydroxyl groups excluding tert-OH is 2. The van der Waals surface area contributed by atoms with Crippen LogP contribution in [0.15, 0.2) is 29.3 Å². The summed E-state index contributed by atoms with van der Waals surface area (Å²) < 4.78 is 0. The van der Waals surface area contributed by atoms with Gasteiger partial charge >= 0.3 is 0 Å². The lowest BCUT2D eigenvalue weighted by molar-refractivity contribution is -0.137. The highest BCUT2D eigenvalue weighted by Crippen LogP contribution is 2.25. The lowest BCUT2D eigenvalue weighted by Gasteiger charge is -2.28. The smallest absolute Gasteiger partial charge is 0.224 e. The maximum absolute atomic E-state index is 14.8. The number of aliphatic imine (C=N–C) groups is 1. The molecule has 0 aromatic heterocycles. The zero-order chi connectivity index (χ0) is 66.1. The molecule has 18 N–H and O–H groups in total. The summed E-state index contributed by atoms with van der Waals surface area (Å²) in [4.78, 5) is 167. The van der Waals surface area contributed by atoms with Gasteiger partial charge in [0.2, 0.25) is 35.4 Å². The molecule has 1 aromatic rings. The molecule has 26 nitrogen and oxygen atoms in total. The van der Waals surface area contributed by atoms with Crippen molar-refractivity contribution in [1.82, 2.24) is 26.6 Å². The number of phenolic OH excluding ortho intramolecular Hbond substituents is 1. The van der Waals surface area contributed by atoms with Gasteiger partial charge in [-0.3, -0.25) is 62.5 Å². The number of nitrogens with one attached hydrogen (secondary N) is 5. The number of phenols is 1. The average Bonchev–Trinajstić information content (AvgIpc) is 3.21. The number of nitrogens with two attached hydrogens (primary N) is 5. The molecule has 0 aliphatic carbocycles. The van der Waals surface area contributed by atoms with Gasteiger partial charge in [0.1, 0.15) is 17.6 Å². The number of carbonyl (C=O) groups is 12. The van der Waals surface area contributed by atoms with Gasteiger partial charge in [-0.2, -0.15) is 0 Å². The third-order valence-corrected chi connectivity index (χ3v) is 15.7. The summed E-state index contributed by atoms with van der Waals surface area (Å²) >= 11 is 0. The van der Waals surface area contributed by atoms with Crippen LogP contribution in [-0.2, 0) is 64.0 Å². The first kappa shape index (κ1) is 78.0. The summed E-state index contributed by atoms with van der Waals surface area (Å²) in [5.74, 6) is -14.1. The molecule has 1 aromatic carbocycles. The number of aliphatic hydroxyl groups is 2. The molecule has 0 aliphatic heterocycles. The van der Waals surface area contributed by atoms with Crippen molar-refractivity contribution >= 4 is 76.1 Å². The number of aromatic hydroxyl groups is 1. The normalized spacial score (nSPS) is 15.5. The van der Waals surface area contributed by atoms with E-state index in [1.807, 2.05) is 0 Å². The lowest BCUT2D eigenvalue weighted by atomic mass is 9.84. The standard InChI is InChI=1S/C61H101N11O15/c1-9-35(4)46(32-54(82)56(38(7)75)69-39(8)76)60(87)72-49(22-23-55(64)83)52(80)29-42(27-40-18-20-44(77)21-19-40)58(85)70-48(17-14-26-67-61(65)66)51(79)28-41(15-10-12-24-62)57(84)68-36(5)50(78)31-45(34(2)3)59(86)71-47(16-11-13-25-63)53(81)30-43(33-73)37(6)74/h18-21,34-36,38,41-43,45-49,56,73,75,77H,9-17,22-33,62-63H2,1-8H3,(H2,64,83)(H,68,84)(H,69,76)(H,70,85)(H,71,86)(H,72,87)(H4,65,66,67)/t35-,36-,38+,41+,42+,43-,45-,46-,47-,48-,49-,56-/m0/s1. The molecular formula is C61H101N11O15. The second-order valence-corrected chi connectivity index (χ2v) is 23.3. The van der Waals surface area contributed by atoms with Gasteiger partial charge in [0.25, 0.3) is 0 Å². The molecule has 0 saturated heterocycles. The Bertz CT molecular complexity index is 2470. The SMILES string of the molecule is CC[C@H](C)[C@H](CC(=O)[C@@H](NC(C)=O)[C@@H](C)O)C(=O)N[C@@H](CCC(N)=O)C(=O)C[C@@H](Cc1ccc(O)cc1)C(=O)N[C@@H](CCCN=C(N)N)C(=O)C[C@@H](CCCCN)C(=O)N[C@@H](C)C(=O)C[C@H](C(=O)N[C@@H](CCCCN)C(=O)C[C@@H](CO)C(C)=O)C(C)C. The molecule has 490 valence electrons. The molecule has 0 radical (unpaired) electrons. The molecule has 0 heterocycles. The molecule has 0 fully saturated rings. The quantitative estimate of drug-likeness (QED) is 0.0240. The van der Waals surface area contributed by atoms with Crippen molar-refractivity contribution in [1.29, 1.82) is 0 Å². The summed E-state index contributed by atoms with van der Waals surface area (Å²) in [5, 5.41) is 43.5. The van der Waals surface area contributed by atoms with Crippen molar-refractivity contribution in [3.63, 3.8) is 0 Å². The molecule has 0 unspecified atom stereocenters. The number of amides is 6. The van der Waals surface area contributed by atoms with Crippen LogP contribution in [0.2, 0.25) is 0 Å². The predicted octanol–water partition coefficient (Wildman–Crippen LogP) is 0.517. The van der Waals surface area contributed by atoms with Crippen molar-refractivity contribution in [3.8, 4) is 5.75 Å². The molecule has 26 heteroatoms. The average molecular weight is 1230 g/mol. The van der Waals surface area contributed by atoms with Crippen LogP contribution in [0.3, 0.4) is 0 Å². The van der Waals surface area contributed by atoms with Crippen LogP contribution in [0.25, 0.3) is 0 Å². The number of guanidine groups is 1. The third kappa shape index (κ3) is 30.0. The van der Waals surface area contributed by atoms with Gasteiger partial charge in [-0.15, -0.1) is 0 Å². The van der Waals surface area contributed by atoms with Gasteiger partial charge in [0, 0.05) is 81.6 Å². The number of ketones is 6. The number of primary amides is 1. The highest BCUT2D eigenvalue weighted by atomic mass is 16.3. The fourth-order valence-corrected chi connectivity index (χ4v) is 9.90. The minimum Gasteiger partial charge on any atom is -0.508 e. The number of benzene rings is 1. The van der Waals surface area contributed by atoms with E-state index in [-0.39, 0.29) is 88.4 Å². The van der Waals surface area contributed by atoms with Crippen LogP contribution in [0.1, 0.15) is 164 Å². The fraction of sp³-hybridized carbons (Fsp3) is 0.689. The van der Waals surface area contributed by atoms with E-state index in [0.717, 1.165) is 0 Å². The Morgan fingerprint density at radius 1 is 0.552 bits per heavy atom. The topological polar surface area (TPSA) is 468 Å². The van der Waals surface area contributed by atoms with Gasteiger partial charge < -0.3 is 70.6 Å². The largest absolute Gasteiger partial charge is 0.508 e. The Morgan fingerprint density at radius 3 is 1.52 bits per heavy atom. The molecular weight excluding hydrogens is 1130 g/mol. The molecule has 0 spiro atoms. The monoisotopic (exact) mass is 1230 g/mol. The van der Waals surface area contributed by atoms with E-state index in [1.54, 1.807) is 27.7 Å². The number of carbonyl (C=O) groups excluding carboxylic acids is 12. The van der Waals surface area contributed by atoms with Gasteiger partial charge in [-0.25, -0.2) is 0 Å². The van der Waals surface area contributed by atoms with Crippen molar-refractivity contribution in [2.24, 2.45) is 75.1 Å². The Balaban J connectivity index is 3.69. The zero-order valence-electron chi connectivity index (χ0n) is 52.2. The van der Waals surface area contributed by atoms with Crippen molar-refractivity contribution < 1.29 is 72.9 Å². The summed E-state index contributed by atoms with van der Waals surface area (Å²) in [6, 6.07) is -0.499. The van der Waals surface area contributed by atoms with Gasteiger partial charge in [-0.1, -0.05) is 52.7 Å². The second kappa shape index (κ2) is 41.2. The fourth-order valence-electron chi connectivity index (χ4n) is 9.90. The minimum absolute atomic E-state index is 0.0273. The van der Waals surface area contributed by atoms with E-state index in [4.69, 9.17) is 28.7 Å². The highest BCUT2D eigenvalue weighted by molar-refractivity contribution is 5.99. The number of hydrogen-bond acceptors (Lipinski definition) is 18. The van der Waals surface area contributed by atoms with Gasteiger partial charge in [0.15, 0.2) is 34.9 Å². The van der Waals surface area contributed by atoms with Crippen LogP contribution in [0.4, 0.5) is 0 Å². The van der Waals surface area contributed by atoms with Crippen LogP contribution < -0.4 is 55.3 Å². The lowest BCUT2D eigenvalue weighted by Crippen LogP contribution is -2.50. The Kier molecular flexibility index (Phi) is 36.9. The number of hydrogen-bond donors (Lipinski definition) is 13. The molecule has 87 heavy (non-hydrogen) atoms. The van der Waals surface area contributed by atoms with E-state index < -0.39 is 168 Å². The molecule has 12 atom stereocenters. The predicted molar refractivity (Wildman–Crippen MR) is 326 cm³/mol. The van der Waals surface area contributed by atoms with Crippen LogP contribution in [-0.4, -0.2) is 154 Å². The first-order valence-electron chi connectivity index (χ1n) is 30.3. The summed E-state index contributed by atoms with van der Waals surface area (Å²) in [6.45, 7) is 12.2. The molecule has 0 bridgehead atoms. The van der Waals surface area contributed by atoms with Crippen LogP contribution >= 0.6 is 0 Å². The van der Waals surface area contributed by atoms with E-state index in [0.29, 0.717) is 44.2 Å². The summed E-state index contributed by atoms with van der Waals surface area (Å²) in [7, 11) is 0. The van der Waals surface area contributed by atoms with Crippen LogP contribution in [0.5, 0.6) is 5.75 Å². The maximum Gasteiger partial charge on any atom is 0.224 e. The van der Waals surface area contributed by atoms with E-state index >= 15 is 0 Å². The van der Waals surface area contributed by atoms with Crippen molar-refractivity contribution in [2.45, 2.75) is 201 Å². The number of Topliss-reactive ketones (excluding diaryl/α,β-unsaturated/α-hetero) is 6.